The molecule has 3 unspecified atom stereocenters. The second-order valence-corrected chi connectivity index (χ2v) is 8.49. The van der Waals surface area contributed by atoms with Gasteiger partial charge in [0.05, 0.1) is 5.92 Å². The molecule has 2 aromatic rings. The topological polar surface area (TPSA) is 114 Å². The Morgan fingerprint density at radius 1 is 1.06 bits per heavy atom. The number of alkyl carbamates (subject to hydrolysis) is 1. The Kier molecular flexibility index (Phi) is 6.93. The quantitative estimate of drug-likeness (QED) is 0.511. The monoisotopic (exact) mass is 452 g/mol. The highest BCUT2D eigenvalue weighted by Crippen LogP contribution is 2.44. The Bertz CT molecular complexity index is 994. The van der Waals surface area contributed by atoms with E-state index in [1.54, 1.807) is 0 Å². The van der Waals surface area contributed by atoms with Gasteiger partial charge in [-0.2, -0.15) is 0 Å². The highest BCUT2D eigenvalue weighted by molar-refractivity contribution is 5.86. The summed E-state index contributed by atoms with van der Waals surface area (Å²) in [7, 11) is 1.52. The molecular formula is C25H28N2O6. The maximum absolute atomic E-state index is 12.6. The van der Waals surface area contributed by atoms with Crippen molar-refractivity contribution in [1.82, 2.24) is 10.6 Å². The molecule has 2 aliphatic rings. The van der Waals surface area contributed by atoms with E-state index in [-0.39, 0.29) is 43.9 Å². The molecule has 0 spiro atoms. The Hall–Kier alpha value is -3.39. The highest BCUT2D eigenvalue weighted by atomic mass is 16.5. The van der Waals surface area contributed by atoms with Gasteiger partial charge in [0, 0.05) is 32.6 Å². The van der Waals surface area contributed by atoms with Crippen molar-refractivity contribution in [3.05, 3.63) is 59.7 Å². The van der Waals surface area contributed by atoms with Crippen LogP contribution in [0.3, 0.4) is 0 Å². The van der Waals surface area contributed by atoms with E-state index in [1.165, 1.54) is 7.11 Å². The Morgan fingerprint density at radius 2 is 1.70 bits per heavy atom. The van der Waals surface area contributed by atoms with E-state index >= 15 is 0 Å². The average Bonchev–Trinajstić information content (AvgIpc) is 3.54. The predicted molar refractivity (Wildman–Crippen MR) is 121 cm³/mol. The van der Waals surface area contributed by atoms with Crippen LogP contribution in [0.25, 0.3) is 11.1 Å². The number of aliphatic carboxylic acids is 1. The van der Waals surface area contributed by atoms with Crippen molar-refractivity contribution < 1.29 is 29.0 Å². The second-order valence-electron chi connectivity index (χ2n) is 8.49. The lowest BCUT2D eigenvalue weighted by Gasteiger charge is -2.19. The molecule has 0 aliphatic heterocycles. The molecule has 0 heterocycles. The number of methoxy groups -OCH3 is 1. The first kappa shape index (κ1) is 22.8. The van der Waals surface area contributed by atoms with Crippen LogP contribution in [0.5, 0.6) is 0 Å². The number of nitrogens with one attached hydrogen (secondary N) is 2. The van der Waals surface area contributed by atoms with Crippen molar-refractivity contribution in [3.63, 3.8) is 0 Å². The van der Waals surface area contributed by atoms with Gasteiger partial charge in [0.2, 0.25) is 5.91 Å². The van der Waals surface area contributed by atoms with Gasteiger partial charge in [-0.1, -0.05) is 48.5 Å². The van der Waals surface area contributed by atoms with Crippen LogP contribution in [-0.4, -0.2) is 56.0 Å². The van der Waals surface area contributed by atoms with Gasteiger partial charge in [0.25, 0.3) is 0 Å². The number of hydrogen-bond acceptors (Lipinski definition) is 5. The molecule has 1 saturated carbocycles. The van der Waals surface area contributed by atoms with Gasteiger partial charge in [-0.3, -0.25) is 9.59 Å². The molecule has 2 aliphatic carbocycles. The first-order chi connectivity index (χ1) is 16.0. The van der Waals surface area contributed by atoms with Crippen molar-refractivity contribution in [2.75, 3.05) is 26.9 Å². The van der Waals surface area contributed by atoms with Gasteiger partial charge in [-0.25, -0.2) is 4.79 Å². The number of hydrogen-bond donors (Lipinski definition) is 3. The Labute approximate surface area is 192 Å². The van der Waals surface area contributed by atoms with Crippen LogP contribution in [0.2, 0.25) is 0 Å². The van der Waals surface area contributed by atoms with E-state index in [4.69, 9.17) is 14.6 Å². The first-order valence-electron chi connectivity index (χ1n) is 11.1. The molecule has 3 N–H and O–H groups in total. The third-order valence-electron chi connectivity index (χ3n) is 6.34. The van der Waals surface area contributed by atoms with Gasteiger partial charge < -0.3 is 25.2 Å². The Balaban J connectivity index is 1.34. The summed E-state index contributed by atoms with van der Waals surface area (Å²) in [6.45, 7) is 0.704. The minimum Gasteiger partial charge on any atom is -0.481 e. The van der Waals surface area contributed by atoms with E-state index in [0.29, 0.717) is 6.42 Å². The van der Waals surface area contributed by atoms with Crippen molar-refractivity contribution >= 4 is 18.0 Å². The van der Waals surface area contributed by atoms with Gasteiger partial charge >= 0.3 is 12.1 Å². The third kappa shape index (κ3) is 5.17. The molecule has 8 nitrogen and oxygen atoms in total. The zero-order valence-electron chi connectivity index (χ0n) is 18.5. The fourth-order valence-electron chi connectivity index (χ4n) is 4.42. The number of fused-ring (bicyclic) bond motifs is 3. The van der Waals surface area contributed by atoms with Gasteiger partial charge in [0.1, 0.15) is 12.6 Å². The molecule has 8 heteroatoms. The zero-order valence-corrected chi connectivity index (χ0v) is 18.5. The lowest BCUT2D eigenvalue weighted by molar-refractivity contribution is -0.139. The summed E-state index contributed by atoms with van der Waals surface area (Å²) in [6.07, 6.45) is 0.153. The molecule has 4 rings (SSSR count). The molecule has 174 valence electrons. The fourth-order valence-corrected chi connectivity index (χ4v) is 4.42. The molecule has 33 heavy (non-hydrogen) atoms. The summed E-state index contributed by atoms with van der Waals surface area (Å²) < 4.78 is 10.6. The number of benzene rings is 2. The van der Waals surface area contributed by atoms with Crippen LogP contribution < -0.4 is 10.6 Å². The number of carboxylic acids is 1. The summed E-state index contributed by atoms with van der Waals surface area (Å²) in [5.74, 6) is -1.77. The molecule has 0 saturated heterocycles. The fraction of sp³-hybridized carbons (Fsp3) is 0.400. The van der Waals surface area contributed by atoms with Crippen LogP contribution in [0, 0.1) is 11.8 Å². The van der Waals surface area contributed by atoms with Crippen LogP contribution in [-0.2, 0) is 19.1 Å². The summed E-state index contributed by atoms with van der Waals surface area (Å²) in [6, 6.07) is 15.3. The second kappa shape index (κ2) is 10.0. The van der Waals surface area contributed by atoms with Crippen molar-refractivity contribution in [3.8, 4) is 11.1 Å². The first-order valence-corrected chi connectivity index (χ1v) is 11.1. The number of ether oxygens (including phenoxy) is 2. The van der Waals surface area contributed by atoms with Gasteiger partial charge in [-0.05, 0) is 34.6 Å². The van der Waals surface area contributed by atoms with Gasteiger partial charge in [0.15, 0.2) is 0 Å². The maximum Gasteiger partial charge on any atom is 0.407 e. The number of amides is 2. The lowest BCUT2D eigenvalue weighted by atomic mass is 9.98. The number of carbonyl (C=O) groups is 3. The number of carbonyl (C=O) groups excluding carboxylic acids is 2. The van der Waals surface area contributed by atoms with Crippen LogP contribution in [0.4, 0.5) is 4.79 Å². The molecule has 1 fully saturated rings. The van der Waals surface area contributed by atoms with Gasteiger partial charge in [-0.15, -0.1) is 0 Å². The maximum atomic E-state index is 12.6. The van der Waals surface area contributed by atoms with E-state index in [0.717, 1.165) is 22.3 Å². The minimum atomic E-state index is -0.845. The van der Waals surface area contributed by atoms with Crippen LogP contribution in [0.1, 0.15) is 29.9 Å². The van der Waals surface area contributed by atoms with Crippen molar-refractivity contribution in [2.45, 2.75) is 24.8 Å². The highest BCUT2D eigenvalue weighted by Gasteiger charge is 2.43. The van der Waals surface area contributed by atoms with Crippen LogP contribution >= 0.6 is 0 Å². The van der Waals surface area contributed by atoms with Crippen molar-refractivity contribution in [1.29, 1.82) is 0 Å². The number of carboxylic acid groups (broad SMARTS) is 1. The summed E-state index contributed by atoms with van der Waals surface area (Å²) in [4.78, 5) is 36.1. The van der Waals surface area contributed by atoms with Crippen LogP contribution in [0.15, 0.2) is 48.5 Å². The average molecular weight is 453 g/mol. The predicted octanol–water partition coefficient (Wildman–Crippen LogP) is 2.77. The normalized spacial score (nSPS) is 19.2. The molecule has 2 aromatic carbocycles. The molecule has 2 amide bonds. The smallest absolute Gasteiger partial charge is 0.407 e. The SMILES string of the molecule is COCCC(NC(=O)OCC1c2ccccc2-c2ccccc21)C(=O)NCC1CC1C(=O)O. The molecule has 0 radical (unpaired) electrons. The molecular weight excluding hydrogens is 424 g/mol. The Morgan fingerprint density at radius 3 is 2.27 bits per heavy atom. The number of rotatable bonds is 10. The summed E-state index contributed by atoms with van der Waals surface area (Å²) >= 11 is 0. The molecule has 3 atom stereocenters. The summed E-state index contributed by atoms with van der Waals surface area (Å²) in [5, 5.41) is 14.4. The molecule has 0 aromatic heterocycles. The molecule has 0 bridgehead atoms. The van der Waals surface area contributed by atoms with E-state index < -0.39 is 24.0 Å². The van der Waals surface area contributed by atoms with E-state index in [9.17, 15) is 14.4 Å². The standard InChI is InChI=1S/C25H28N2O6/c1-32-11-10-22(23(28)26-13-15-12-20(15)24(29)30)27-25(31)33-14-21-18-8-4-2-6-16(18)17-7-3-5-9-19(17)21/h2-9,15,20-22H,10-14H2,1H3,(H,26,28)(H,27,31)(H,29,30). The van der Waals surface area contributed by atoms with Crippen molar-refractivity contribution in [2.24, 2.45) is 11.8 Å². The van der Waals surface area contributed by atoms with E-state index in [2.05, 4.69) is 22.8 Å². The third-order valence-corrected chi connectivity index (χ3v) is 6.34. The summed E-state index contributed by atoms with van der Waals surface area (Å²) in [5.41, 5.74) is 4.49. The van der Waals surface area contributed by atoms with E-state index in [1.807, 2.05) is 36.4 Å². The lowest BCUT2D eigenvalue weighted by Crippen LogP contribution is -2.48. The largest absolute Gasteiger partial charge is 0.481 e. The minimum absolute atomic E-state index is 0.0658. The zero-order chi connectivity index (χ0) is 23.4.